The highest BCUT2D eigenvalue weighted by Crippen LogP contribution is 2.28. The van der Waals surface area contributed by atoms with Crippen LogP contribution in [0, 0.1) is 5.41 Å². The lowest BCUT2D eigenvalue weighted by Crippen LogP contribution is -2.40. The maximum atomic E-state index is 12.2. The molecule has 1 atom stereocenters. The van der Waals surface area contributed by atoms with E-state index in [2.05, 4.69) is 10.6 Å². The number of hydrogen-bond acceptors (Lipinski definition) is 3. The first-order valence-electron chi connectivity index (χ1n) is 6.37. The minimum atomic E-state index is -0.325. The summed E-state index contributed by atoms with van der Waals surface area (Å²) in [6, 6.07) is 5.46. The molecule has 19 heavy (non-hydrogen) atoms. The highest BCUT2D eigenvalue weighted by molar-refractivity contribution is 6.31. The predicted molar refractivity (Wildman–Crippen MR) is 75.4 cm³/mol. The third-order valence-electron chi connectivity index (χ3n) is 3.64. The molecule has 5 heteroatoms. The van der Waals surface area contributed by atoms with Crippen molar-refractivity contribution in [2.75, 3.05) is 20.2 Å². The Morgan fingerprint density at radius 2 is 2.37 bits per heavy atom. The second kappa shape index (κ2) is 5.80. The number of ether oxygens (including phenoxy) is 1. The van der Waals surface area contributed by atoms with Gasteiger partial charge in [-0.2, -0.15) is 0 Å². The first-order valence-corrected chi connectivity index (χ1v) is 6.75. The van der Waals surface area contributed by atoms with Crippen LogP contribution in [0.15, 0.2) is 18.2 Å². The highest BCUT2D eigenvalue weighted by atomic mass is 35.5. The molecule has 1 amide bonds. The van der Waals surface area contributed by atoms with Gasteiger partial charge in [0.25, 0.3) is 0 Å². The summed E-state index contributed by atoms with van der Waals surface area (Å²) in [5.74, 6) is 0.752. The van der Waals surface area contributed by atoms with Crippen molar-refractivity contribution in [2.45, 2.75) is 19.9 Å². The fourth-order valence-corrected chi connectivity index (χ4v) is 2.53. The van der Waals surface area contributed by atoms with E-state index in [-0.39, 0.29) is 11.3 Å². The molecule has 104 valence electrons. The second-order valence-corrected chi connectivity index (χ2v) is 5.50. The number of halogens is 1. The maximum absolute atomic E-state index is 12.2. The van der Waals surface area contributed by atoms with E-state index < -0.39 is 0 Å². The lowest BCUT2D eigenvalue weighted by molar-refractivity contribution is -0.129. The Morgan fingerprint density at radius 3 is 3.00 bits per heavy atom. The Morgan fingerprint density at radius 1 is 1.58 bits per heavy atom. The molecule has 1 saturated heterocycles. The number of carbonyl (C=O) groups excluding carboxylic acids is 1. The molecular formula is C14H19ClN2O2. The summed E-state index contributed by atoms with van der Waals surface area (Å²) in [5, 5.41) is 6.77. The number of carbonyl (C=O) groups is 1. The van der Waals surface area contributed by atoms with Gasteiger partial charge < -0.3 is 15.4 Å². The van der Waals surface area contributed by atoms with E-state index in [1.807, 2.05) is 19.1 Å². The summed E-state index contributed by atoms with van der Waals surface area (Å²) in [6.45, 7) is 3.97. The summed E-state index contributed by atoms with van der Waals surface area (Å²) in [6.07, 6.45) is 0.860. The molecule has 2 N–H and O–H groups in total. The van der Waals surface area contributed by atoms with Crippen LogP contribution in [-0.4, -0.2) is 26.1 Å². The standard InChI is InChI=1S/C14H19ClN2O2/c1-14(6-7-16-9-14)13(18)17-8-10-11(15)4-3-5-12(10)19-2/h3-5,16H,6-9H2,1-2H3,(H,17,18). The number of amides is 1. The second-order valence-electron chi connectivity index (χ2n) is 5.09. The van der Waals surface area contributed by atoms with E-state index in [4.69, 9.17) is 16.3 Å². The lowest BCUT2D eigenvalue weighted by Gasteiger charge is -2.22. The molecule has 1 unspecified atom stereocenters. The van der Waals surface area contributed by atoms with Crippen molar-refractivity contribution < 1.29 is 9.53 Å². The third kappa shape index (κ3) is 3.01. The molecule has 0 saturated carbocycles. The van der Waals surface area contributed by atoms with E-state index in [1.54, 1.807) is 13.2 Å². The monoisotopic (exact) mass is 282 g/mol. The Hall–Kier alpha value is -1.26. The maximum Gasteiger partial charge on any atom is 0.227 e. The number of hydrogen-bond donors (Lipinski definition) is 2. The van der Waals surface area contributed by atoms with Gasteiger partial charge in [0.2, 0.25) is 5.91 Å². The summed E-state index contributed by atoms with van der Waals surface area (Å²) >= 11 is 6.14. The summed E-state index contributed by atoms with van der Waals surface area (Å²) in [7, 11) is 1.60. The Balaban J connectivity index is 2.05. The SMILES string of the molecule is COc1cccc(Cl)c1CNC(=O)C1(C)CCNC1. The van der Waals surface area contributed by atoms with Gasteiger partial charge >= 0.3 is 0 Å². The van der Waals surface area contributed by atoms with Crippen molar-refractivity contribution in [1.29, 1.82) is 0 Å². The van der Waals surface area contributed by atoms with Gasteiger partial charge in [0, 0.05) is 23.7 Å². The van der Waals surface area contributed by atoms with Crippen LogP contribution in [0.2, 0.25) is 5.02 Å². The number of nitrogens with one attached hydrogen (secondary N) is 2. The van der Waals surface area contributed by atoms with Crippen molar-refractivity contribution in [1.82, 2.24) is 10.6 Å². The largest absolute Gasteiger partial charge is 0.496 e. The van der Waals surface area contributed by atoms with Gasteiger partial charge in [0.05, 0.1) is 12.5 Å². The Kier molecular flexibility index (Phi) is 4.32. The fraction of sp³-hybridized carbons (Fsp3) is 0.500. The normalized spacial score (nSPS) is 22.3. The minimum absolute atomic E-state index is 0.0551. The molecule has 0 radical (unpaired) electrons. The average Bonchev–Trinajstić information content (AvgIpc) is 2.85. The van der Waals surface area contributed by atoms with Crippen LogP contribution in [0.4, 0.5) is 0 Å². The smallest absolute Gasteiger partial charge is 0.227 e. The van der Waals surface area contributed by atoms with Crippen LogP contribution in [0.5, 0.6) is 5.75 Å². The molecule has 2 rings (SSSR count). The van der Waals surface area contributed by atoms with Crippen LogP contribution in [0.1, 0.15) is 18.9 Å². The van der Waals surface area contributed by atoms with Gasteiger partial charge in [-0.25, -0.2) is 0 Å². The van der Waals surface area contributed by atoms with Gasteiger partial charge in [-0.15, -0.1) is 0 Å². The lowest BCUT2D eigenvalue weighted by atomic mass is 9.89. The zero-order valence-corrected chi connectivity index (χ0v) is 12.0. The van der Waals surface area contributed by atoms with Crippen LogP contribution in [0.3, 0.4) is 0 Å². The van der Waals surface area contributed by atoms with Crippen LogP contribution in [-0.2, 0) is 11.3 Å². The van der Waals surface area contributed by atoms with Gasteiger partial charge in [-0.3, -0.25) is 4.79 Å². The molecule has 1 aliphatic rings. The van der Waals surface area contributed by atoms with E-state index in [9.17, 15) is 4.79 Å². The van der Waals surface area contributed by atoms with Gasteiger partial charge in [-0.1, -0.05) is 17.7 Å². The molecule has 1 aliphatic heterocycles. The van der Waals surface area contributed by atoms with Crippen LogP contribution < -0.4 is 15.4 Å². The molecule has 0 bridgehead atoms. The van der Waals surface area contributed by atoms with Crippen molar-refractivity contribution in [2.24, 2.45) is 5.41 Å². The van der Waals surface area contributed by atoms with Crippen LogP contribution >= 0.6 is 11.6 Å². The predicted octanol–water partition coefficient (Wildman–Crippen LogP) is 1.96. The number of rotatable bonds is 4. The quantitative estimate of drug-likeness (QED) is 0.888. The van der Waals surface area contributed by atoms with E-state index in [0.29, 0.717) is 17.3 Å². The van der Waals surface area contributed by atoms with Gasteiger partial charge in [-0.05, 0) is 32.0 Å². The number of methoxy groups -OCH3 is 1. The Labute approximate surface area is 118 Å². The summed E-state index contributed by atoms with van der Waals surface area (Å²) < 4.78 is 5.26. The van der Waals surface area contributed by atoms with Crippen molar-refractivity contribution in [3.05, 3.63) is 28.8 Å². The zero-order chi connectivity index (χ0) is 13.9. The number of benzene rings is 1. The summed E-state index contributed by atoms with van der Waals surface area (Å²) in [5.41, 5.74) is 0.490. The topological polar surface area (TPSA) is 50.4 Å². The summed E-state index contributed by atoms with van der Waals surface area (Å²) in [4.78, 5) is 12.2. The third-order valence-corrected chi connectivity index (χ3v) is 3.99. The molecule has 1 heterocycles. The van der Waals surface area contributed by atoms with E-state index >= 15 is 0 Å². The van der Waals surface area contributed by atoms with Crippen LogP contribution in [0.25, 0.3) is 0 Å². The Bertz CT molecular complexity index is 471. The molecule has 1 aromatic carbocycles. The van der Waals surface area contributed by atoms with Crippen molar-refractivity contribution >= 4 is 17.5 Å². The molecule has 0 aromatic heterocycles. The minimum Gasteiger partial charge on any atom is -0.496 e. The fourth-order valence-electron chi connectivity index (χ4n) is 2.29. The van der Waals surface area contributed by atoms with Gasteiger partial charge in [0.15, 0.2) is 0 Å². The molecule has 4 nitrogen and oxygen atoms in total. The molecule has 0 spiro atoms. The molecule has 0 aliphatic carbocycles. The zero-order valence-electron chi connectivity index (χ0n) is 11.3. The molecular weight excluding hydrogens is 264 g/mol. The average molecular weight is 283 g/mol. The molecule has 1 aromatic rings. The first kappa shape index (κ1) is 14.2. The van der Waals surface area contributed by atoms with Crippen molar-refractivity contribution in [3.8, 4) is 5.75 Å². The van der Waals surface area contributed by atoms with Gasteiger partial charge in [0.1, 0.15) is 5.75 Å². The van der Waals surface area contributed by atoms with E-state index in [1.165, 1.54) is 0 Å². The highest BCUT2D eigenvalue weighted by Gasteiger charge is 2.36. The van der Waals surface area contributed by atoms with Crippen molar-refractivity contribution in [3.63, 3.8) is 0 Å². The molecule has 1 fully saturated rings. The van der Waals surface area contributed by atoms with E-state index in [0.717, 1.165) is 25.1 Å². The first-order chi connectivity index (χ1) is 9.07.